The maximum atomic E-state index is 12.9. The lowest BCUT2D eigenvalue weighted by atomic mass is 9.88. The summed E-state index contributed by atoms with van der Waals surface area (Å²) in [7, 11) is 0. The van der Waals surface area contributed by atoms with Gasteiger partial charge >= 0.3 is 0 Å². The van der Waals surface area contributed by atoms with E-state index in [1.807, 2.05) is 17.5 Å². The minimum Gasteiger partial charge on any atom is -0.454 e. The zero-order valence-electron chi connectivity index (χ0n) is 17.5. The largest absolute Gasteiger partial charge is 0.454 e. The van der Waals surface area contributed by atoms with E-state index in [-0.39, 0.29) is 30.4 Å². The maximum absolute atomic E-state index is 12.9. The van der Waals surface area contributed by atoms with Crippen LogP contribution in [0.4, 0.5) is 0 Å². The Kier molecular flexibility index (Phi) is 6.75. The zero-order valence-corrected chi connectivity index (χ0v) is 18.4. The van der Waals surface area contributed by atoms with Crippen LogP contribution in [0.15, 0.2) is 48.4 Å². The van der Waals surface area contributed by atoms with Gasteiger partial charge in [0.15, 0.2) is 11.5 Å². The lowest BCUT2D eigenvalue weighted by Crippen LogP contribution is -2.53. The number of hydrogen-bond donors (Lipinski definition) is 2. The Bertz CT molecular complexity index is 999. The summed E-state index contributed by atoms with van der Waals surface area (Å²) >= 11 is 1.42. The van der Waals surface area contributed by atoms with Crippen LogP contribution in [0.1, 0.15) is 32.9 Å². The van der Waals surface area contributed by atoms with Crippen molar-refractivity contribution in [1.29, 1.82) is 0 Å². The summed E-state index contributed by atoms with van der Waals surface area (Å²) in [6, 6.07) is 7.89. The van der Waals surface area contributed by atoms with E-state index in [4.69, 9.17) is 9.47 Å². The number of thiophene rings is 1. The number of rotatable bonds is 7. The third-order valence-corrected chi connectivity index (χ3v) is 6.51. The monoisotopic (exact) mass is 455 g/mol. The van der Waals surface area contributed by atoms with Crippen molar-refractivity contribution in [2.45, 2.75) is 18.9 Å². The Labute approximate surface area is 190 Å². The second kappa shape index (κ2) is 9.86. The molecular weight excluding hydrogens is 430 g/mol. The number of benzene rings is 1. The normalized spacial score (nSPS) is 16.3. The van der Waals surface area contributed by atoms with Gasteiger partial charge in [0.25, 0.3) is 11.8 Å². The number of nitrogens with one attached hydrogen (secondary N) is 2. The van der Waals surface area contributed by atoms with Crippen molar-refractivity contribution in [2.75, 3.05) is 26.4 Å². The number of ether oxygens (including phenoxy) is 2. The highest BCUT2D eigenvalue weighted by Crippen LogP contribution is 2.32. The number of carbonyl (C=O) groups excluding carboxylic acids is 3. The molecule has 168 valence electrons. The van der Waals surface area contributed by atoms with Gasteiger partial charge in [-0.25, -0.2) is 0 Å². The van der Waals surface area contributed by atoms with E-state index >= 15 is 0 Å². The lowest BCUT2D eigenvalue weighted by Gasteiger charge is -2.35. The first-order valence-corrected chi connectivity index (χ1v) is 11.4. The van der Waals surface area contributed by atoms with Gasteiger partial charge in [-0.1, -0.05) is 12.1 Å². The van der Waals surface area contributed by atoms with Gasteiger partial charge in [0.2, 0.25) is 12.7 Å². The molecule has 1 atom stereocenters. The van der Waals surface area contributed by atoms with Gasteiger partial charge in [0.1, 0.15) is 6.04 Å². The van der Waals surface area contributed by atoms with Crippen molar-refractivity contribution < 1.29 is 23.9 Å². The number of hydrogen-bond acceptors (Lipinski definition) is 6. The fourth-order valence-corrected chi connectivity index (χ4v) is 4.63. The molecule has 4 rings (SSSR count). The Morgan fingerprint density at radius 2 is 1.97 bits per heavy atom. The first kappa shape index (κ1) is 21.9. The summed E-state index contributed by atoms with van der Waals surface area (Å²) in [5.74, 6) is 0.386. The Hall–Kier alpha value is -3.33. The number of carbonyl (C=O) groups is 3. The molecule has 1 aromatic carbocycles. The Morgan fingerprint density at radius 3 is 2.69 bits per heavy atom. The smallest absolute Gasteiger partial charge is 0.263 e. The highest BCUT2D eigenvalue weighted by atomic mass is 32.1. The predicted octanol–water partition coefficient (Wildman–Crippen LogP) is 2.43. The molecule has 2 aliphatic rings. The molecule has 32 heavy (non-hydrogen) atoms. The molecule has 1 fully saturated rings. The van der Waals surface area contributed by atoms with Crippen molar-refractivity contribution >= 4 is 29.1 Å². The lowest BCUT2D eigenvalue weighted by molar-refractivity contribution is -0.124. The van der Waals surface area contributed by atoms with Crippen molar-refractivity contribution in [3.8, 4) is 11.5 Å². The van der Waals surface area contributed by atoms with Gasteiger partial charge in [0.05, 0.1) is 4.88 Å². The number of likely N-dealkylation sites (tertiary alicyclic amines) is 1. The van der Waals surface area contributed by atoms with Gasteiger partial charge in [-0.15, -0.1) is 17.9 Å². The molecule has 0 saturated carbocycles. The molecule has 2 aliphatic heterocycles. The average Bonchev–Trinajstić information content (AvgIpc) is 3.52. The van der Waals surface area contributed by atoms with Crippen LogP contribution < -0.4 is 20.1 Å². The first-order valence-electron chi connectivity index (χ1n) is 10.5. The molecule has 1 unspecified atom stereocenters. The number of nitrogens with zero attached hydrogens (tertiary/aromatic N) is 1. The molecular formula is C23H25N3O5S. The minimum absolute atomic E-state index is 0.00973. The molecule has 1 aromatic heterocycles. The van der Waals surface area contributed by atoms with Gasteiger partial charge in [-0.05, 0) is 48.4 Å². The summed E-state index contributed by atoms with van der Waals surface area (Å²) in [6.07, 6.45) is 2.83. The molecule has 1 saturated heterocycles. The van der Waals surface area contributed by atoms with E-state index in [2.05, 4.69) is 17.2 Å². The van der Waals surface area contributed by atoms with Crippen LogP contribution in [-0.2, 0) is 4.79 Å². The molecule has 0 spiro atoms. The number of piperidine rings is 1. The van der Waals surface area contributed by atoms with E-state index < -0.39 is 6.04 Å². The van der Waals surface area contributed by atoms with E-state index in [0.717, 1.165) is 0 Å². The maximum Gasteiger partial charge on any atom is 0.263 e. The van der Waals surface area contributed by atoms with Crippen LogP contribution in [0.2, 0.25) is 0 Å². The van der Waals surface area contributed by atoms with E-state index in [0.29, 0.717) is 54.4 Å². The minimum atomic E-state index is -0.716. The molecule has 2 N–H and O–H groups in total. The molecule has 3 heterocycles. The van der Waals surface area contributed by atoms with Crippen LogP contribution in [0, 0.1) is 5.92 Å². The molecule has 9 heteroatoms. The fourth-order valence-electron chi connectivity index (χ4n) is 3.93. The zero-order chi connectivity index (χ0) is 22.5. The standard InChI is InChI=1S/C23H25N3O5S/c1-2-9-24-22(28)20(25-21(27)16-5-6-17-18(13-16)31-14-30-17)15-7-10-26(11-8-15)23(29)19-4-3-12-32-19/h2-6,12-13,15,20H,1,7-11,14H2,(H,24,28)(H,25,27). The van der Waals surface area contributed by atoms with Crippen molar-refractivity contribution in [3.63, 3.8) is 0 Å². The summed E-state index contributed by atoms with van der Waals surface area (Å²) in [6.45, 7) is 5.13. The summed E-state index contributed by atoms with van der Waals surface area (Å²) in [4.78, 5) is 40.9. The second-order valence-corrected chi connectivity index (χ2v) is 8.61. The van der Waals surface area contributed by atoms with Crippen LogP contribution in [0.3, 0.4) is 0 Å². The van der Waals surface area contributed by atoms with E-state index in [1.54, 1.807) is 29.2 Å². The first-order chi connectivity index (χ1) is 15.6. The summed E-state index contributed by atoms with van der Waals surface area (Å²) < 4.78 is 10.6. The van der Waals surface area contributed by atoms with Gasteiger partial charge in [-0.2, -0.15) is 0 Å². The molecule has 0 bridgehead atoms. The van der Waals surface area contributed by atoms with E-state index in [9.17, 15) is 14.4 Å². The van der Waals surface area contributed by atoms with Crippen molar-refractivity contribution in [1.82, 2.24) is 15.5 Å². The van der Waals surface area contributed by atoms with Crippen LogP contribution in [0.25, 0.3) is 0 Å². The topological polar surface area (TPSA) is 97.0 Å². The predicted molar refractivity (Wildman–Crippen MR) is 120 cm³/mol. The SMILES string of the molecule is C=CCNC(=O)C(NC(=O)c1ccc2c(c1)OCO2)C1CCN(C(=O)c2cccs2)CC1. The van der Waals surface area contributed by atoms with Crippen molar-refractivity contribution in [3.05, 3.63) is 58.8 Å². The average molecular weight is 456 g/mol. The molecule has 8 nitrogen and oxygen atoms in total. The highest BCUT2D eigenvalue weighted by molar-refractivity contribution is 7.12. The highest BCUT2D eigenvalue weighted by Gasteiger charge is 2.34. The fraction of sp³-hybridized carbons (Fsp3) is 0.348. The summed E-state index contributed by atoms with van der Waals surface area (Å²) in [5, 5.41) is 7.56. The molecule has 0 radical (unpaired) electrons. The third-order valence-electron chi connectivity index (χ3n) is 5.65. The van der Waals surface area contributed by atoms with Gasteiger partial charge < -0.3 is 25.0 Å². The quantitative estimate of drug-likeness (QED) is 0.625. The molecule has 2 aromatic rings. The Balaban J connectivity index is 1.43. The Morgan fingerprint density at radius 1 is 1.19 bits per heavy atom. The van der Waals surface area contributed by atoms with Crippen LogP contribution in [0.5, 0.6) is 11.5 Å². The molecule has 3 amide bonds. The van der Waals surface area contributed by atoms with Crippen molar-refractivity contribution in [2.24, 2.45) is 5.92 Å². The van der Waals surface area contributed by atoms with Gasteiger partial charge in [0, 0.05) is 25.2 Å². The second-order valence-electron chi connectivity index (χ2n) is 7.66. The summed E-state index contributed by atoms with van der Waals surface area (Å²) in [5.41, 5.74) is 0.390. The van der Waals surface area contributed by atoms with Crippen LogP contribution in [-0.4, -0.2) is 55.1 Å². The number of fused-ring (bicyclic) bond motifs is 1. The van der Waals surface area contributed by atoms with Gasteiger partial charge in [-0.3, -0.25) is 14.4 Å². The van der Waals surface area contributed by atoms with E-state index in [1.165, 1.54) is 11.3 Å². The van der Waals surface area contributed by atoms with Crippen LogP contribution >= 0.6 is 11.3 Å². The molecule has 0 aliphatic carbocycles. The third kappa shape index (κ3) is 4.77. The number of amides is 3.